The molecule has 190 valence electrons. The Morgan fingerprint density at radius 2 is 1.70 bits per heavy atom. The van der Waals surface area contributed by atoms with Crippen LogP contribution < -0.4 is 10.5 Å². The Bertz CT molecular complexity index is 1460. The summed E-state index contributed by atoms with van der Waals surface area (Å²) < 4.78 is 20.8. The molecule has 0 saturated carbocycles. The topological polar surface area (TPSA) is 67.6 Å². The normalized spacial score (nSPS) is 13.6. The minimum absolute atomic E-state index is 0.0924. The first-order valence-corrected chi connectivity index (χ1v) is 12.5. The van der Waals surface area contributed by atoms with E-state index in [-0.39, 0.29) is 17.1 Å². The van der Waals surface area contributed by atoms with Crippen LogP contribution in [0.15, 0.2) is 77.6 Å². The summed E-state index contributed by atoms with van der Waals surface area (Å²) in [5.74, 6) is -0.211. The molecule has 1 aliphatic heterocycles. The first-order valence-electron chi connectivity index (χ1n) is 12.5. The van der Waals surface area contributed by atoms with Gasteiger partial charge in [0.25, 0.3) is 5.56 Å². The van der Waals surface area contributed by atoms with E-state index < -0.39 is 0 Å². The third-order valence-corrected chi connectivity index (χ3v) is 6.77. The van der Waals surface area contributed by atoms with Gasteiger partial charge in [-0.15, -0.1) is 0 Å². The van der Waals surface area contributed by atoms with Gasteiger partial charge in [0, 0.05) is 35.5 Å². The van der Waals surface area contributed by atoms with Crippen molar-refractivity contribution in [3.8, 4) is 16.9 Å². The van der Waals surface area contributed by atoms with Gasteiger partial charge in [-0.05, 0) is 61.2 Å². The zero-order chi connectivity index (χ0) is 25.8. The number of hydrogen-bond acceptors (Lipinski definition) is 5. The number of aromatic hydroxyl groups is 1. The summed E-state index contributed by atoms with van der Waals surface area (Å²) in [6.07, 6.45) is 0.882. The van der Waals surface area contributed by atoms with Crippen LogP contribution in [-0.4, -0.2) is 41.2 Å². The van der Waals surface area contributed by atoms with Crippen molar-refractivity contribution in [3.63, 3.8) is 0 Å². The second kappa shape index (κ2) is 11.0. The maximum atomic E-state index is 13.8. The van der Waals surface area contributed by atoms with Crippen LogP contribution in [0, 0.1) is 12.7 Å². The molecule has 0 spiro atoms. The van der Waals surface area contributed by atoms with E-state index in [4.69, 9.17) is 4.74 Å². The molecule has 37 heavy (non-hydrogen) atoms. The Morgan fingerprint density at radius 3 is 2.49 bits per heavy atom. The van der Waals surface area contributed by atoms with E-state index in [1.54, 1.807) is 24.3 Å². The highest BCUT2D eigenvalue weighted by atomic mass is 19.1. The summed E-state index contributed by atoms with van der Waals surface area (Å²) in [7, 11) is 0. The van der Waals surface area contributed by atoms with E-state index in [9.17, 15) is 14.3 Å². The standard InChI is InChI=1S/C30H30FN3O3/c1-21-29(26-10-2-3-11-28(26)35)27(13-12-22-6-4-8-24(31)18-22)30(36)34(32-21)20-23-7-5-9-25(19-23)33-14-16-37-17-15-33/h2-11,18-19,35H,12-17,20H2,1H3. The van der Waals surface area contributed by atoms with E-state index in [1.165, 1.54) is 16.8 Å². The van der Waals surface area contributed by atoms with Gasteiger partial charge < -0.3 is 14.7 Å². The fraction of sp³-hybridized carbons (Fsp3) is 0.267. The lowest BCUT2D eigenvalue weighted by Gasteiger charge is -2.29. The lowest BCUT2D eigenvalue weighted by molar-refractivity contribution is 0.122. The van der Waals surface area contributed by atoms with Gasteiger partial charge in [-0.25, -0.2) is 9.07 Å². The van der Waals surface area contributed by atoms with Crippen LogP contribution >= 0.6 is 0 Å². The second-order valence-corrected chi connectivity index (χ2v) is 9.32. The Labute approximate surface area is 215 Å². The number of phenolic OH excluding ortho intramolecular Hbond substituents is 1. The molecule has 0 bridgehead atoms. The van der Waals surface area contributed by atoms with Gasteiger partial charge in [-0.1, -0.05) is 42.5 Å². The molecule has 1 aromatic heterocycles. The Kier molecular flexibility index (Phi) is 7.32. The third kappa shape index (κ3) is 5.57. The average molecular weight is 500 g/mol. The highest BCUT2D eigenvalue weighted by Crippen LogP contribution is 2.32. The van der Waals surface area contributed by atoms with Crippen molar-refractivity contribution in [2.45, 2.75) is 26.3 Å². The van der Waals surface area contributed by atoms with E-state index in [2.05, 4.69) is 22.1 Å². The zero-order valence-electron chi connectivity index (χ0n) is 20.9. The molecular formula is C30H30FN3O3. The quantitative estimate of drug-likeness (QED) is 0.398. The summed E-state index contributed by atoms with van der Waals surface area (Å²) in [5, 5.41) is 15.2. The number of morpholine rings is 1. The molecule has 5 rings (SSSR count). The molecular weight excluding hydrogens is 469 g/mol. The van der Waals surface area contributed by atoms with E-state index >= 15 is 0 Å². The van der Waals surface area contributed by atoms with Gasteiger partial charge in [0.15, 0.2) is 0 Å². The number of phenols is 1. The maximum Gasteiger partial charge on any atom is 0.270 e. The maximum absolute atomic E-state index is 13.8. The summed E-state index contributed by atoms with van der Waals surface area (Å²) in [5.41, 5.74) is 5.09. The number of para-hydroxylation sites is 1. The van der Waals surface area contributed by atoms with Crippen molar-refractivity contribution in [2.24, 2.45) is 0 Å². The van der Waals surface area contributed by atoms with Crippen LogP contribution in [-0.2, 0) is 24.1 Å². The summed E-state index contributed by atoms with van der Waals surface area (Å²) in [4.78, 5) is 16.1. The average Bonchev–Trinajstić information content (AvgIpc) is 2.91. The van der Waals surface area contributed by atoms with Crippen molar-refractivity contribution in [1.29, 1.82) is 0 Å². The number of aromatic nitrogens is 2. The fourth-order valence-electron chi connectivity index (χ4n) is 4.95. The van der Waals surface area contributed by atoms with Gasteiger partial charge in [-0.3, -0.25) is 4.79 Å². The van der Waals surface area contributed by atoms with Crippen molar-refractivity contribution < 1.29 is 14.2 Å². The summed E-state index contributed by atoms with van der Waals surface area (Å²) >= 11 is 0. The van der Waals surface area contributed by atoms with Gasteiger partial charge in [0.2, 0.25) is 0 Å². The van der Waals surface area contributed by atoms with Crippen LogP contribution in [0.2, 0.25) is 0 Å². The Balaban J connectivity index is 1.53. The number of anilines is 1. The number of nitrogens with zero attached hydrogens (tertiary/aromatic N) is 3. The highest BCUT2D eigenvalue weighted by Gasteiger charge is 2.20. The number of aryl methyl sites for hydroxylation is 2. The molecule has 0 radical (unpaired) electrons. The second-order valence-electron chi connectivity index (χ2n) is 9.32. The van der Waals surface area contributed by atoms with Gasteiger partial charge in [-0.2, -0.15) is 5.10 Å². The first-order chi connectivity index (χ1) is 18.0. The van der Waals surface area contributed by atoms with Gasteiger partial charge in [0.1, 0.15) is 11.6 Å². The molecule has 1 saturated heterocycles. The number of benzene rings is 3. The van der Waals surface area contributed by atoms with Crippen molar-refractivity contribution in [2.75, 3.05) is 31.2 Å². The summed E-state index contributed by atoms with van der Waals surface area (Å²) in [6.45, 7) is 5.25. The van der Waals surface area contributed by atoms with Crippen LogP contribution in [0.25, 0.3) is 11.1 Å². The first kappa shape index (κ1) is 24.7. The molecule has 0 atom stereocenters. The molecule has 7 heteroatoms. The molecule has 3 aromatic carbocycles. The van der Waals surface area contributed by atoms with Crippen LogP contribution in [0.1, 0.15) is 22.4 Å². The van der Waals surface area contributed by atoms with Crippen LogP contribution in [0.3, 0.4) is 0 Å². The lowest BCUT2D eigenvalue weighted by atomic mass is 9.94. The number of halogens is 1. The largest absolute Gasteiger partial charge is 0.507 e. The fourth-order valence-corrected chi connectivity index (χ4v) is 4.95. The molecule has 4 aromatic rings. The SMILES string of the molecule is Cc1nn(Cc2cccc(N3CCOCC3)c2)c(=O)c(CCc2cccc(F)c2)c1-c1ccccc1O. The Hall–Kier alpha value is -3.97. The van der Waals surface area contributed by atoms with E-state index in [1.807, 2.05) is 31.2 Å². The van der Waals surface area contributed by atoms with Gasteiger partial charge >= 0.3 is 0 Å². The Morgan fingerprint density at radius 1 is 0.946 bits per heavy atom. The third-order valence-electron chi connectivity index (χ3n) is 6.77. The van der Waals surface area contributed by atoms with Crippen LogP contribution in [0.4, 0.5) is 10.1 Å². The summed E-state index contributed by atoms with van der Waals surface area (Å²) in [6, 6.07) is 21.6. The zero-order valence-corrected chi connectivity index (χ0v) is 20.9. The minimum atomic E-state index is -0.304. The minimum Gasteiger partial charge on any atom is -0.507 e. The molecule has 6 nitrogen and oxygen atoms in total. The predicted octanol–water partition coefficient (Wildman–Crippen LogP) is 4.73. The van der Waals surface area contributed by atoms with E-state index in [0.717, 1.165) is 29.9 Å². The molecule has 1 fully saturated rings. The lowest BCUT2D eigenvalue weighted by Crippen LogP contribution is -2.36. The van der Waals surface area contributed by atoms with Crippen molar-refractivity contribution in [3.05, 3.63) is 111 Å². The molecule has 1 aliphatic rings. The van der Waals surface area contributed by atoms with Crippen molar-refractivity contribution in [1.82, 2.24) is 9.78 Å². The molecule has 0 aliphatic carbocycles. The number of hydrogen-bond donors (Lipinski definition) is 1. The van der Waals surface area contributed by atoms with Gasteiger partial charge in [0.05, 0.1) is 25.5 Å². The number of rotatable bonds is 7. The molecule has 0 unspecified atom stereocenters. The molecule has 0 amide bonds. The smallest absolute Gasteiger partial charge is 0.270 e. The monoisotopic (exact) mass is 499 g/mol. The van der Waals surface area contributed by atoms with Crippen molar-refractivity contribution >= 4 is 5.69 Å². The molecule has 2 heterocycles. The molecule has 1 N–H and O–H groups in total. The van der Waals surface area contributed by atoms with Crippen LogP contribution in [0.5, 0.6) is 5.75 Å². The highest BCUT2D eigenvalue weighted by molar-refractivity contribution is 5.74. The van der Waals surface area contributed by atoms with E-state index in [0.29, 0.717) is 55.0 Å². The predicted molar refractivity (Wildman–Crippen MR) is 143 cm³/mol. The number of ether oxygens (including phenoxy) is 1.